The van der Waals surface area contributed by atoms with E-state index in [0.29, 0.717) is 31.1 Å². The molecular formula is C22H31N3O3. The fraction of sp³-hybridized carbons (Fsp3) is 0.545. The van der Waals surface area contributed by atoms with Crippen LogP contribution in [0.25, 0.3) is 0 Å². The number of likely N-dealkylation sites (tertiary alicyclic amines) is 1. The van der Waals surface area contributed by atoms with Crippen molar-refractivity contribution in [3.05, 3.63) is 42.0 Å². The minimum Gasteiger partial charge on any atom is -0.378 e. The van der Waals surface area contributed by atoms with Crippen molar-refractivity contribution >= 4 is 17.5 Å². The standard InChI is InChI=1S/C22H31N3O3/c1-16-8-7-12-25(22(27)17-9-6-10-18(14-17)24(2)3)19(16)15-23-21(26)20-11-4-5-13-28-20/h4-6,9-10,14,16,19-20H,7-8,11-13,15H2,1-3H3,(H,23,26). The van der Waals surface area contributed by atoms with Gasteiger partial charge in [0, 0.05) is 44.9 Å². The molecule has 3 rings (SSSR count). The lowest BCUT2D eigenvalue weighted by Gasteiger charge is -2.40. The number of piperidine rings is 1. The van der Waals surface area contributed by atoms with Gasteiger partial charge < -0.3 is 19.9 Å². The second kappa shape index (κ2) is 9.24. The van der Waals surface area contributed by atoms with Gasteiger partial charge in [-0.3, -0.25) is 9.59 Å². The van der Waals surface area contributed by atoms with Crippen LogP contribution in [0.15, 0.2) is 36.4 Å². The summed E-state index contributed by atoms with van der Waals surface area (Å²) in [5.74, 6) is 0.276. The number of amides is 2. The Labute approximate surface area is 167 Å². The molecule has 0 aliphatic carbocycles. The summed E-state index contributed by atoms with van der Waals surface area (Å²) < 4.78 is 5.50. The maximum atomic E-state index is 13.2. The van der Waals surface area contributed by atoms with Gasteiger partial charge in [0.2, 0.25) is 5.91 Å². The van der Waals surface area contributed by atoms with E-state index in [4.69, 9.17) is 4.74 Å². The van der Waals surface area contributed by atoms with E-state index in [2.05, 4.69) is 12.2 Å². The number of hydrogen-bond donors (Lipinski definition) is 1. The first kappa shape index (κ1) is 20.4. The molecule has 2 aliphatic rings. The van der Waals surface area contributed by atoms with Crippen LogP contribution >= 0.6 is 0 Å². The van der Waals surface area contributed by atoms with E-state index >= 15 is 0 Å². The number of benzene rings is 1. The summed E-state index contributed by atoms with van der Waals surface area (Å²) >= 11 is 0. The Morgan fingerprint density at radius 2 is 2.11 bits per heavy atom. The van der Waals surface area contributed by atoms with E-state index in [1.54, 1.807) is 0 Å². The first-order valence-electron chi connectivity index (χ1n) is 10.1. The molecule has 28 heavy (non-hydrogen) atoms. The molecule has 0 radical (unpaired) electrons. The molecule has 1 fully saturated rings. The number of nitrogens with zero attached hydrogens (tertiary/aromatic N) is 2. The SMILES string of the molecule is CC1CCCN(C(=O)c2cccc(N(C)C)c2)C1CNC(=O)C1CC=CCO1. The number of carbonyl (C=O) groups excluding carboxylic acids is 2. The zero-order valence-corrected chi connectivity index (χ0v) is 17.1. The molecule has 2 amide bonds. The van der Waals surface area contributed by atoms with Gasteiger partial charge in [0.15, 0.2) is 0 Å². The maximum absolute atomic E-state index is 13.2. The van der Waals surface area contributed by atoms with E-state index in [0.717, 1.165) is 25.1 Å². The molecule has 0 aromatic heterocycles. The highest BCUT2D eigenvalue weighted by molar-refractivity contribution is 5.95. The minimum absolute atomic E-state index is 0.00709. The third kappa shape index (κ3) is 4.73. The van der Waals surface area contributed by atoms with Crippen LogP contribution in [0.4, 0.5) is 5.69 Å². The van der Waals surface area contributed by atoms with Gasteiger partial charge in [-0.25, -0.2) is 0 Å². The molecule has 3 unspecified atom stereocenters. The monoisotopic (exact) mass is 385 g/mol. The topological polar surface area (TPSA) is 61.9 Å². The van der Waals surface area contributed by atoms with Crippen molar-refractivity contribution in [2.75, 3.05) is 38.7 Å². The first-order valence-corrected chi connectivity index (χ1v) is 10.1. The lowest BCUT2D eigenvalue weighted by Crippen LogP contribution is -2.54. The van der Waals surface area contributed by atoms with Crippen LogP contribution in [0.5, 0.6) is 0 Å². The van der Waals surface area contributed by atoms with Crippen molar-refractivity contribution < 1.29 is 14.3 Å². The molecule has 1 N–H and O–H groups in total. The van der Waals surface area contributed by atoms with Crippen LogP contribution < -0.4 is 10.2 Å². The maximum Gasteiger partial charge on any atom is 0.254 e. The van der Waals surface area contributed by atoms with Gasteiger partial charge in [-0.15, -0.1) is 0 Å². The molecule has 6 nitrogen and oxygen atoms in total. The Kier molecular flexibility index (Phi) is 6.73. The van der Waals surface area contributed by atoms with Crippen molar-refractivity contribution in [2.45, 2.75) is 38.3 Å². The molecule has 2 aliphatic heterocycles. The van der Waals surface area contributed by atoms with Crippen molar-refractivity contribution in [3.63, 3.8) is 0 Å². The average molecular weight is 386 g/mol. The van der Waals surface area contributed by atoms with Crippen LogP contribution in [0.3, 0.4) is 0 Å². The Morgan fingerprint density at radius 1 is 1.29 bits per heavy atom. The lowest BCUT2D eigenvalue weighted by atomic mass is 9.90. The molecule has 6 heteroatoms. The largest absolute Gasteiger partial charge is 0.378 e. The zero-order valence-electron chi connectivity index (χ0n) is 17.1. The molecular weight excluding hydrogens is 354 g/mol. The predicted molar refractivity (Wildman–Crippen MR) is 110 cm³/mol. The highest BCUT2D eigenvalue weighted by atomic mass is 16.5. The Balaban J connectivity index is 1.69. The number of anilines is 1. The second-order valence-electron chi connectivity index (χ2n) is 7.90. The van der Waals surface area contributed by atoms with E-state index in [-0.39, 0.29) is 17.9 Å². The molecule has 3 atom stereocenters. The molecule has 152 valence electrons. The van der Waals surface area contributed by atoms with Gasteiger partial charge in [-0.2, -0.15) is 0 Å². The Bertz CT molecular complexity index is 731. The molecule has 2 heterocycles. The summed E-state index contributed by atoms with van der Waals surface area (Å²) in [6.45, 7) is 3.82. The highest BCUT2D eigenvalue weighted by Crippen LogP contribution is 2.26. The van der Waals surface area contributed by atoms with Crippen LogP contribution in [-0.2, 0) is 9.53 Å². The minimum atomic E-state index is -0.426. The van der Waals surface area contributed by atoms with Gasteiger partial charge in [0.25, 0.3) is 5.91 Å². The van der Waals surface area contributed by atoms with E-state index in [9.17, 15) is 9.59 Å². The fourth-order valence-electron chi connectivity index (χ4n) is 3.92. The summed E-state index contributed by atoms with van der Waals surface area (Å²) in [7, 11) is 3.93. The Hall–Kier alpha value is -2.34. The third-order valence-electron chi connectivity index (χ3n) is 5.67. The molecule has 1 aromatic carbocycles. The number of rotatable bonds is 5. The summed E-state index contributed by atoms with van der Waals surface area (Å²) in [5.41, 5.74) is 1.70. The number of ether oxygens (including phenoxy) is 1. The van der Waals surface area contributed by atoms with Gasteiger partial charge >= 0.3 is 0 Å². The normalized spacial score (nSPS) is 24.7. The van der Waals surface area contributed by atoms with Crippen LogP contribution in [0.1, 0.15) is 36.5 Å². The number of carbonyl (C=O) groups is 2. The molecule has 1 aromatic rings. The van der Waals surface area contributed by atoms with Crippen LogP contribution in [-0.4, -0.2) is 62.7 Å². The van der Waals surface area contributed by atoms with Crippen molar-refractivity contribution in [1.29, 1.82) is 0 Å². The summed E-state index contributed by atoms with van der Waals surface area (Å²) in [5, 5.41) is 3.02. The van der Waals surface area contributed by atoms with E-state index < -0.39 is 6.10 Å². The second-order valence-corrected chi connectivity index (χ2v) is 7.90. The quantitative estimate of drug-likeness (QED) is 0.791. The summed E-state index contributed by atoms with van der Waals surface area (Å²) in [6, 6.07) is 7.70. The third-order valence-corrected chi connectivity index (χ3v) is 5.67. The summed E-state index contributed by atoms with van der Waals surface area (Å²) in [6.07, 6.45) is 6.13. The smallest absolute Gasteiger partial charge is 0.254 e. The number of nitrogens with one attached hydrogen (secondary N) is 1. The predicted octanol–water partition coefficient (Wildman–Crippen LogP) is 2.45. The average Bonchev–Trinajstić information content (AvgIpc) is 2.72. The zero-order chi connectivity index (χ0) is 20.1. The molecule has 0 bridgehead atoms. The van der Waals surface area contributed by atoms with Gasteiger partial charge in [-0.1, -0.05) is 25.1 Å². The highest BCUT2D eigenvalue weighted by Gasteiger charge is 2.33. The first-order chi connectivity index (χ1) is 13.5. The van der Waals surface area contributed by atoms with Gasteiger partial charge in [0.05, 0.1) is 12.6 Å². The van der Waals surface area contributed by atoms with Crippen molar-refractivity contribution in [3.8, 4) is 0 Å². The van der Waals surface area contributed by atoms with Crippen molar-refractivity contribution in [1.82, 2.24) is 10.2 Å². The molecule has 1 saturated heterocycles. The fourth-order valence-corrected chi connectivity index (χ4v) is 3.92. The van der Waals surface area contributed by atoms with Crippen LogP contribution in [0, 0.1) is 5.92 Å². The van der Waals surface area contributed by atoms with E-state index in [1.807, 2.05) is 60.3 Å². The molecule has 0 spiro atoms. The van der Waals surface area contributed by atoms with Gasteiger partial charge in [-0.05, 0) is 37.0 Å². The van der Waals surface area contributed by atoms with E-state index in [1.165, 1.54) is 0 Å². The Morgan fingerprint density at radius 3 is 2.82 bits per heavy atom. The molecule has 0 saturated carbocycles. The summed E-state index contributed by atoms with van der Waals surface area (Å²) in [4.78, 5) is 29.6. The number of hydrogen-bond acceptors (Lipinski definition) is 4. The van der Waals surface area contributed by atoms with Crippen LogP contribution in [0.2, 0.25) is 0 Å². The van der Waals surface area contributed by atoms with Crippen molar-refractivity contribution in [2.24, 2.45) is 5.92 Å². The van der Waals surface area contributed by atoms with Gasteiger partial charge in [0.1, 0.15) is 6.10 Å². The lowest BCUT2D eigenvalue weighted by molar-refractivity contribution is -0.132.